The zero-order valence-electron chi connectivity index (χ0n) is 20.3. The van der Waals surface area contributed by atoms with E-state index in [0.717, 1.165) is 25.2 Å². The second-order valence-electron chi connectivity index (χ2n) is 8.67. The monoisotopic (exact) mass is 442 g/mol. The van der Waals surface area contributed by atoms with Crippen molar-refractivity contribution in [1.29, 1.82) is 0 Å². The Hall–Kier alpha value is -2.84. The first-order valence-corrected chi connectivity index (χ1v) is 12.4. The van der Waals surface area contributed by atoms with Gasteiger partial charge in [0.05, 0.1) is 6.10 Å². The second-order valence-corrected chi connectivity index (χ2v) is 8.67. The van der Waals surface area contributed by atoms with Crippen molar-refractivity contribution in [1.82, 2.24) is 0 Å². The number of unbranched alkanes of at least 4 members (excludes halogenated alkanes) is 3. The predicted molar refractivity (Wildman–Crippen MR) is 143 cm³/mol. The minimum absolute atomic E-state index is 0.364. The van der Waals surface area contributed by atoms with Crippen molar-refractivity contribution < 1.29 is 9.47 Å². The van der Waals surface area contributed by atoms with Gasteiger partial charge in [-0.3, -0.25) is 0 Å². The third-order valence-electron chi connectivity index (χ3n) is 5.87. The number of allylic oxidation sites excluding steroid dienone is 1. The molecule has 0 heterocycles. The molecule has 2 nitrogen and oxygen atoms in total. The van der Waals surface area contributed by atoms with Crippen LogP contribution in [0.2, 0.25) is 0 Å². The molecule has 0 saturated carbocycles. The van der Waals surface area contributed by atoms with Gasteiger partial charge in [-0.1, -0.05) is 87.0 Å². The van der Waals surface area contributed by atoms with Gasteiger partial charge < -0.3 is 9.47 Å². The van der Waals surface area contributed by atoms with Crippen LogP contribution >= 0.6 is 0 Å². The molecule has 33 heavy (non-hydrogen) atoms. The van der Waals surface area contributed by atoms with Crippen LogP contribution in [0.3, 0.4) is 0 Å². The van der Waals surface area contributed by atoms with E-state index in [9.17, 15) is 0 Å². The Labute approximate surface area is 199 Å². The summed E-state index contributed by atoms with van der Waals surface area (Å²) in [5, 5.41) is 2.39. The van der Waals surface area contributed by atoms with E-state index in [1.165, 1.54) is 53.1 Å². The van der Waals surface area contributed by atoms with Gasteiger partial charge in [0, 0.05) is 6.61 Å². The highest BCUT2D eigenvalue weighted by molar-refractivity contribution is 5.88. The van der Waals surface area contributed by atoms with Crippen molar-refractivity contribution in [2.24, 2.45) is 0 Å². The van der Waals surface area contributed by atoms with Crippen molar-refractivity contribution in [3.63, 3.8) is 0 Å². The van der Waals surface area contributed by atoms with Gasteiger partial charge in [-0.05, 0) is 78.3 Å². The van der Waals surface area contributed by atoms with E-state index in [0.29, 0.717) is 12.7 Å². The first kappa shape index (κ1) is 24.8. The molecular formula is C31H38O2. The van der Waals surface area contributed by atoms with E-state index in [2.05, 4.69) is 87.2 Å². The number of benzene rings is 3. The summed E-state index contributed by atoms with van der Waals surface area (Å²) in [4.78, 5) is 0. The third-order valence-corrected chi connectivity index (χ3v) is 5.87. The lowest BCUT2D eigenvalue weighted by atomic mass is 10.00. The molecule has 3 aromatic rings. The Morgan fingerprint density at radius 1 is 0.879 bits per heavy atom. The van der Waals surface area contributed by atoms with Crippen LogP contribution in [-0.4, -0.2) is 19.3 Å². The molecule has 0 aliphatic carbocycles. The van der Waals surface area contributed by atoms with Crippen LogP contribution in [0.4, 0.5) is 0 Å². The Bertz CT molecular complexity index is 1020. The summed E-state index contributed by atoms with van der Waals surface area (Å²) >= 11 is 0. The van der Waals surface area contributed by atoms with E-state index in [-0.39, 0.29) is 0 Å². The average molecular weight is 443 g/mol. The summed E-state index contributed by atoms with van der Waals surface area (Å²) < 4.78 is 11.5. The van der Waals surface area contributed by atoms with Crippen LogP contribution < -0.4 is 4.74 Å². The van der Waals surface area contributed by atoms with Crippen molar-refractivity contribution in [2.45, 2.75) is 58.5 Å². The molecule has 0 fully saturated rings. The molecule has 0 spiro atoms. The van der Waals surface area contributed by atoms with Crippen LogP contribution in [-0.2, 0) is 4.74 Å². The minimum atomic E-state index is 0.364. The van der Waals surface area contributed by atoms with Crippen LogP contribution in [0.1, 0.15) is 57.9 Å². The molecule has 0 radical (unpaired) electrons. The van der Waals surface area contributed by atoms with Crippen LogP contribution in [0, 0.1) is 0 Å². The SMILES string of the molecule is C=CCOc1ccc2cc(-c3ccc(C=CCCCC(C)OCCCCC)cc3)ccc2c1. The standard InChI is InChI=1S/C31H38O2/c1-4-6-10-22-32-25(3)11-8-7-9-12-26-13-15-27(16-14-26)28-17-18-30-24-31(33-21-5-2)20-19-29(30)23-28/h5,9,12-20,23-25H,2,4,6-8,10-11,21-22H2,1,3H3. The zero-order chi connectivity index (χ0) is 23.3. The molecule has 0 N–H and O–H groups in total. The van der Waals surface area contributed by atoms with Gasteiger partial charge >= 0.3 is 0 Å². The Morgan fingerprint density at radius 3 is 2.42 bits per heavy atom. The van der Waals surface area contributed by atoms with Crippen molar-refractivity contribution in [3.05, 3.63) is 85.0 Å². The van der Waals surface area contributed by atoms with E-state index >= 15 is 0 Å². The lowest BCUT2D eigenvalue weighted by Gasteiger charge is -2.12. The quantitative estimate of drug-likeness (QED) is 0.183. The van der Waals surface area contributed by atoms with Crippen LogP contribution in [0.15, 0.2) is 79.4 Å². The molecule has 1 unspecified atom stereocenters. The van der Waals surface area contributed by atoms with Crippen molar-refractivity contribution >= 4 is 16.8 Å². The predicted octanol–water partition coefficient (Wildman–Crippen LogP) is 8.85. The van der Waals surface area contributed by atoms with Gasteiger partial charge in [-0.25, -0.2) is 0 Å². The third kappa shape index (κ3) is 8.22. The number of hydrogen-bond donors (Lipinski definition) is 0. The maximum atomic E-state index is 5.88. The lowest BCUT2D eigenvalue weighted by molar-refractivity contribution is 0.0566. The van der Waals surface area contributed by atoms with Crippen LogP contribution in [0.25, 0.3) is 28.0 Å². The van der Waals surface area contributed by atoms with Crippen LogP contribution in [0.5, 0.6) is 5.75 Å². The number of hydrogen-bond acceptors (Lipinski definition) is 2. The van der Waals surface area contributed by atoms with Gasteiger partial charge in [-0.15, -0.1) is 0 Å². The summed E-state index contributed by atoms with van der Waals surface area (Å²) in [5.41, 5.74) is 3.70. The van der Waals surface area contributed by atoms with Gasteiger partial charge in [0.25, 0.3) is 0 Å². The largest absolute Gasteiger partial charge is 0.490 e. The Balaban J connectivity index is 1.49. The molecular weight excluding hydrogens is 404 g/mol. The summed E-state index contributed by atoms with van der Waals surface area (Å²) in [6.45, 7) is 9.54. The molecule has 0 aliphatic rings. The maximum absolute atomic E-state index is 5.88. The number of fused-ring (bicyclic) bond motifs is 1. The van der Waals surface area contributed by atoms with Gasteiger partial charge in [0.15, 0.2) is 0 Å². The Kier molecular flexibility index (Phi) is 10.3. The highest BCUT2D eigenvalue weighted by Gasteiger charge is 2.03. The maximum Gasteiger partial charge on any atom is 0.120 e. The van der Waals surface area contributed by atoms with Crippen molar-refractivity contribution in [2.75, 3.05) is 13.2 Å². The van der Waals surface area contributed by atoms with Gasteiger partial charge in [0.1, 0.15) is 12.4 Å². The molecule has 1 atom stereocenters. The first-order chi connectivity index (χ1) is 16.2. The van der Waals surface area contributed by atoms with E-state index < -0.39 is 0 Å². The highest BCUT2D eigenvalue weighted by atomic mass is 16.5. The summed E-state index contributed by atoms with van der Waals surface area (Å²) in [6.07, 6.45) is 13.7. The van der Waals surface area contributed by atoms with E-state index in [1.807, 2.05) is 6.07 Å². The fraction of sp³-hybridized carbons (Fsp3) is 0.355. The summed E-state index contributed by atoms with van der Waals surface area (Å²) in [5.74, 6) is 0.875. The molecule has 174 valence electrons. The molecule has 0 bridgehead atoms. The number of rotatable bonds is 14. The zero-order valence-corrected chi connectivity index (χ0v) is 20.3. The average Bonchev–Trinajstić information content (AvgIpc) is 2.85. The second kappa shape index (κ2) is 13.6. The number of ether oxygens (including phenoxy) is 2. The Morgan fingerprint density at radius 2 is 1.64 bits per heavy atom. The molecule has 0 amide bonds. The topological polar surface area (TPSA) is 18.5 Å². The molecule has 0 saturated heterocycles. The molecule has 0 aromatic heterocycles. The fourth-order valence-electron chi connectivity index (χ4n) is 3.90. The van der Waals surface area contributed by atoms with E-state index in [1.54, 1.807) is 6.08 Å². The smallest absolute Gasteiger partial charge is 0.120 e. The summed E-state index contributed by atoms with van der Waals surface area (Å²) in [7, 11) is 0. The van der Waals surface area contributed by atoms with Gasteiger partial charge in [0.2, 0.25) is 0 Å². The first-order valence-electron chi connectivity index (χ1n) is 12.4. The minimum Gasteiger partial charge on any atom is -0.490 e. The summed E-state index contributed by atoms with van der Waals surface area (Å²) in [6, 6.07) is 21.6. The molecule has 3 aromatic carbocycles. The highest BCUT2D eigenvalue weighted by Crippen LogP contribution is 2.27. The van der Waals surface area contributed by atoms with Crippen molar-refractivity contribution in [3.8, 4) is 16.9 Å². The normalized spacial score (nSPS) is 12.3. The lowest BCUT2D eigenvalue weighted by Crippen LogP contribution is -2.08. The molecule has 3 rings (SSSR count). The molecule has 0 aliphatic heterocycles. The molecule has 2 heteroatoms. The fourth-order valence-corrected chi connectivity index (χ4v) is 3.90. The van der Waals surface area contributed by atoms with E-state index in [4.69, 9.17) is 9.47 Å². The van der Waals surface area contributed by atoms with Gasteiger partial charge in [-0.2, -0.15) is 0 Å².